The number of benzene rings is 1. The van der Waals surface area contributed by atoms with Gasteiger partial charge in [-0.1, -0.05) is 41.9 Å². The van der Waals surface area contributed by atoms with Gasteiger partial charge in [-0.3, -0.25) is 9.59 Å². The molecule has 0 amide bonds. The van der Waals surface area contributed by atoms with E-state index in [9.17, 15) is 9.59 Å². The molecule has 1 aliphatic carbocycles. The highest BCUT2D eigenvalue weighted by Crippen LogP contribution is 2.47. The first-order valence-electron chi connectivity index (χ1n) is 7.69. The van der Waals surface area contributed by atoms with Crippen molar-refractivity contribution in [2.24, 2.45) is 5.92 Å². The maximum absolute atomic E-state index is 12.6. The fourth-order valence-corrected chi connectivity index (χ4v) is 3.92. The highest BCUT2D eigenvalue weighted by molar-refractivity contribution is 6.42. The summed E-state index contributed by atoms with van der Waals surface area (Å²) < 4.78 is 4.95. The van der Waals surface area contributed by atoms with Crippen LogP contribution in [0.5, 0.6) is 0 Å². The van der Waals surface area contributed by atoms with Crippen LogP contribution in [-0.2, 0) is 14.3 Å². The molecule has 1 aromatic rings. The zero-order chi connectivity index (χ0) is 17.4. The molecule has 2 aliphatic rings. The number of esters is 1. The van der Waals surface area contributed by atoms with Gasteiger partial charge < -0.3 is 10.1 Å². The molecule has 0 radical (unpaired) electrons. The molecule has 24 heavy (non-hydrogen) atoms. The van der Waals surface area contributed by atoms with E-state index >= 15 is 0 Å². The molecule has 0 saturated heterocycles. The van der Waals surface area contributed by atoms with Crippen molar-refractivity contribution in [1.82, 2.24) is 5.32 Å². The predicted octanol–water partition coefficient (Wildman–Crippen LogP) is 3.99. The van der Waals surface area contributed by atoms with Crippen LogP contribution < -0.4 is 5.32 Å². The lowest BCUT2D eigenvalue weighted by atomic mass is 9.71. The van der Waals surface area contributed by atoms with Crippen molar-refractivity contribution in [3.05, 3.63) is 57.4 Å². The number of hydrogen-bond acceptors (Lipinski definition) is 4. The number of nitrogens with one attached hydrogen (secondary N) is 1. The average Bonchev–Trinajstić information content (AvgIpc) is 2.56. The lowest BCUT2D eigenvalue weighted by molar-refractivity contribution is -0.144. The number of carbonyl (C=O) groups excluding carboxylic acids is 2. The normalized spacial score (nSPS) is 23.6. The summed E-state index contributed by atoms with van der Waals surface area (Å²) in [6.45, 7) is 3.98. The summed E-state index contributed by atoms with van der Waals surface area (Å²) in [5.41, 5.74) is 2.56. The van der Waals surface area contributed by atoms with Crippen LogP contribution in [0.15, 0.2) is 41.7 Å². The molecular formula is C18H17Cl2NO3. The molecule has 0 spiro atoms. The van der Waals surface area contributed by atoms with Crippen molar-refractivity contribution in [3.8, 4) is 0 Å². The number of rotatable bonds is 2. The van der Waals surface area contributed by atoms with Gasteiger partial charge >= 0.3 is 5.97 Å². The van der Waals surface area contributed by atoms with Gasteiger partial charge in [0.05, 0.1) is 17.2 Å². The van der Waals surface area contributed by atoms with Crippen molar-refractivity contribution in [2.45, 2.75) is 25.2 Å². The maximum atomic E-state index is 12.6. The van der Waals surface area contributed by atoms with E-state index in [1.165, 1.54) is 7.11 Å². The van der Waals surface area contributed by atoms with Gasteiger partial charge in [-0.05, 0) is 24.5 Å². The summed E-state index contributed by atoms with van der Waals surface area (Å²) in [5, 5.41) is 3.86. The molecule has 1 aromatic carbocycles. The number of ether oxygens (including phenoxy) is 1. The molecule has 0 aromatic heterocycles. The Morgan fingerprint density at radius 2 is 2.08 bits per heavy atom. The van der Waals surface area contributed by atoms with E-state index in [4.69, 9.17) is 27.9 Å². The van der Waals surface area contributed by atoms with Crippen molar-refractivity contribution >= 4 is 35.0 Å². The maximum Gasteiger partial charge on any atom is 0.315 e. The minimum atomic E-state index is -0.730. The van der Waals surface area contributed by atoms with E-state index in [0.29, 0.717) is 33.3 Å². The highest BCUT2D eigenvalue weighted by atomic mass is 35.5. The van der Waals surface area contributed by atoms with Crippen LogP contribution in [0.25, 0.3) is 0 Å². The lowest BCUT2D eigenvalue weighted by Gasteiger charge is -2.38. The third-order valence-corrected chi connectivity index (χ3v) is 5.39. The number of Topliss-reactive ketones (excluding diaryl/α,β-unsaturated/α-hetero) is 1. The van der Waals surface area contributed by atoms with Gasteiger partial charge in [0.25, 0.3) is 0 Å². The lowest BCUT2D eigenvalue weighted by Crippen LogP contribution is -2.41. The van der Waals surface area contributed by atoms with Crippen molar-refractivity contribution in [3.63, 3.8) is 0 Å². The topological polar surface area (TPSA) is 55.4 Å². The van der Waals surface area contributed by atoms with Gasteiger partial charge in [-0.25, -0.2) is 0 Å². The predicted molar refractivity (Wildman–Crippen MR) is 92.9 cm³/mol. The van der Waals surface area contributed by atoms with Gasteiger partial charge in [0.2, 0.25) is 0 Å². The van der Waals surface area contributed by atoms with Crippen molar-refractivity contribution in [1.29, 1.82) is 0 Å². The summed E-state index contributed by atoms with van der Waals surface area (Å²) >= 11 is 12.6. The molecular weight excluding hydrogens is 349 g/mol. The zero-order valence-electron chi connectivity index (χ0n) is 13.2. The Labute approximate surface area is 150 Å². The van der Waals surface area contributed by atoms with E-state index in [2.05, 4.69) is 11.9 Å². The standard InChI is InChI=1S/C18H17Cl2NO3/c1-9-14(18(23)24-2)15(10-5-3-6-11(19)17(10)20)16-12(21-9)7-4-8-13(16)22/h3,5-6,14-15,21H,1,4,7-8H2,2H3. The number of methoxy groups -OCH3 is 1. The van der Waals surface area contributed by atoms with Gasteiger partial charge in [0, 0.05) is 29.3 Å². The summed E-state index contributed by atoms with van der Waals surface area (Å²) in [6.07, 6.45) is 1.97. The fourth-order valence-electron chi connectivity index (χ4n) is 3.49. The molecule has 6 heteroatoms. The Morgan fingerprint density at radius 3 is 2.79 bits per heavy atom. The Kier molecular flexibility index (Phi) is 4.70. The van der Waals surface area contributed by atoms with E-state index in [0.717, 1.165) is 18.5 Å². The third-order valence-electron chi connectivity index (χ3n) is 4.56. The SMILES string of the molecule is C=C1NC2=C(C(=O)CCC2)C(c2cccc(Cl)c2Cl)C1C(=O)OC. The molecule has 1 aliphatic heterocycles. The van der Waals surface area contributed by atoms with Crippen LogP contribution in [0.1, 0.15) is 30.7 Å². The molecule has 1 heterocycles. The quantitative estimate of drug-likeness (QED) is 0.805. The summed E-state index contributed by atoms with van der Waals surface area (Å²) in [4.78, 5) is 25.0. The Morgan fingerprint density at radius 1 is 1.33 bits per heavy atom. The Bertz CT molecular complexity index is 770. The fraction of sp³-hybridized carbons (Fsp3) is 0.333. The monoisotopic (exact) mass is 365 g/mol. The molecule has 1 N–H and O–H groups in total. The molecule has 3 rings (SSSR count). The second-order valence-electron chi connectivity index (χ2n) is 5.94. The van der Waals surface area contributed by atoms with Crippen LogP contribution in [0.3, 0.4) is 0 Å². The number of hydrogen-bond donors (Lipinski definition) is 1. The van der Waals surface area contributed by atoms with Gasteiger partial charge in [-0.15, -0.1) is 0 Å². The Balaban J connectivity index is 2.24. The first kappa shape index (κ1) is 17.1. The first-order chi connectivity index (χ1) is 11.5. The molecule has 2 atom stereocenters. The summed E-state index contributed by atoms with van der Waals surface area (Å²) in [6, 6.07) is 5.23. The molecule has 0 fully saturated rings. The van der Waals surface area contributed by atoms with E-state index in [1.54, 1.807) is 18.2 Å². The largest absolute Gasteiger partial charge is 0.468 e. The van der Waals surface area contributed by atoms with Gasteiger partial charge in [-0.2, -0.15) is 0 Å². The van der Waals surface area contributed by atoms with E-state index in [-0.39, 0.29) is 5.78 Å². The first-order valence-corrected chi connectivity index (χ1v) is 8.45. The van der Waals surface area contributed by atoms with Crippen molar-refractivity contribution < 1.29 is 14.3 Å². The number of halogens is 2. The zero-order valence-corrected chi connectivity index (χ0v) is 14.7. The highest BCUT2D eigenvalue weighted by Gasteiger charge is 2.44. The molecule has 2 unspecified atom stereocenters. The number of carbonyl (C=O) groups is 2. The summed E-state index contributed by atoms with van der Waals surface area (Å²) in [7, 11) is 1.32. The summed E-state index contributed by atoms with van der Waals surface area (Å²) in [5.74, 6) is -1.71. The van der Waals surface area contributed by atoms with Crippen LogP contribution in [0.4, 0.5) is 0 Å². The van der Waals surface area contributed by atoms with Gasteiger partial charge in [0.15, 0.2) is 5.78 Å². The second kappa shape index (κ2) is 6.61. The number of ketones is 1. The molecule has 4 nitrogen and oxygen atoms in total. The minimum Gasteiger partial charge on any atom is -0.468 e. The average molecular weight is 366 g/mol. The smallest absolute Gasteiger partial charge is 0.315 e. The minimum absolute atomic E-state index is 0.0196. The second-order valence-corrected chi connectivity index (χ2v) is 6.73. The van der Waals surface area contributed by atoms with Gasteiger partial charge in [0.1, 0.15) is 5.92 Å². The van der Waals surface area contributed by atoms with Crippen LogP contribution >= 0.6 is 23.2 Å². The third kappa shape index (κ3) is 2.74. The van der Waals surface area contributed by atoms with Crippen LogP contribution in [-0.4, -0.2) is 18.9 Å². The molecule has 0 bridgehead atoms. The Hall–Kier alpha value is -1.78. The van der Waals surface area contributed by atoms with Crippen LogP contribution in [0.2, 0.25) is 10.0 Å². The van der Waals surface area contributed by atoms with Crippen LogP contribution in [0, 0.1) is 5.92 Å². The molecule has 126 valence electrons. The van der Waals surface area contributed by atoms with Crippen molar-refractivity contribution in [2.75, 3.05) is 7.11 Å². The number of allylic oxidation sites excluding steroid dienone is 2. The molecule has 0 saturated carbocycles. The van der Waals surface area contributed by atoms with E-state index in [1.807, 2.05) is 0 Å². The van der Waals surface area contributed by atoms with E-state index < -0.39 is 17.8 Å².